The van der Waals surface area contributed by atoms with Crippen molar-refractivity contribution in [3.05, 3.63) is 29.8 Å². The van der Waals surface area contributed by atoms with Gasteiger partial charge in [0.1, 0.15) is 0 Å². The molecule has 6 nitrogen and oxygen atoms in total. The molecule has 0 atom stereocenters. The Balaban J connectivity index is 3.33. The Morgan fingerprint density at radius 3 is 1.50 bits per heavy atom. The molecule has 0 amide bonds. The van der Waals surface area contributed by atoms with Gasteiger partial charge in [-0.3, -0.25) is 9.13 Å². The first-order chi connectivity index (χ1) is 12.4. The summed E-state index contributed by atoms with van der Waals surface area (Å²) in [5.41, 5.74) is 0.868. The Hall–Kier alpha value is -0.130. The van der Waals surface area contributed by atoms with E-state index in [1.807, 2.05) is 30.5 Å². The lowest BCUT2D eigenvalue weighted by atomic mass is 10.2. The zero-order valence-electron chi connectivity index (χ0n) is 16.2. The molecule has 0 aliphatic carbocycles. The highest BCUT2D eigenvalue weighted by molar-refractivity contribution is 7.98. The Kier molecular flexibility index (Phi) is 10.7. The van der Waals surface area contributed by atoms with E-state index < -0.39 is 20.6 Å². The van der Waals surface area contributed by atoms with Crippen LogP contribution in [0.25, 0.3) is 0 Å². The van der Waals surface area contributed by atoms with Crippen LogP contribution in [-0.2, 0) is 33.6 Å². The summed E-state index contributed by atoms with van der Waals surface area (Å²) in [4.78, 5) is 1.11. The Morgan fingerprint density at radius 2 is 1.19 bits per heavy atom. The predicted molar refractivity (Wildman–Crippen MR) is 107 cm³/mol. The highest BCUT2D eigenvalue weighted by Crippen LogP contribution is 2.71. The van der Waals surface area contributed by atoms with Gasteiger partial charge in [0.15, 0.2) is 5.40 Å². The van der Waals surface area contributed by atoms with E-state index >= 15 is 0 Å². The summed E-state index contributed by atoms with van der Waals surface area (Å²) in [6.07, 6.45) is 2.21. The quantitative estimate of drug-likeness (QED) is 0.292. The van der Waals surface area contributed by atoms with Crippen molar-refractivity contribution in [3.8, 4) is 0 Å². The summed E-state index contributed by atoms with van der Waals surface area (Å²) in [5, 5.41) is -1.02. The van der Waals surface area contributed by atoms with Gasteiger partial charge in [-0.05, 0) is 58.1 Å². The van der Waals surface area contributed by atoms with E-state index in [1.165, 1.54) is 0 Å². The molecule has 1 rings (SSSR count). The lowest BCUT2D eigenvalue weighted by Gasteiger charge is -2.31. The van der Waals surface area contributed by atoms with Gasteiger partial charge in [0.2, 0.25) is 0 Å². The number of rotatable bonds is 13. The molecule has 26 heavy (non-hydrogen) atoms. The van der Waals surface area contributed by atoms with E-state index in [-0.39, 0.29) is 32.8 Å². The van der Waals surface area contributed by atoms with Crippen molar-refractivity contribution in [1.82, 2.24) is 0 Å². The third-order valence-corrected chi connectivity index (χ3v) is 10.3. The van der Waals surface area contributed by atoms with Crippen molar-refractivity contribution in [3.63, 3.8) is 0 Å². The highest BCUT2D eigenvalue weighted by Gasteiger charge is 2.50. The molecular formula is C17H30O6P2S. The fraction of sp³-hybridized carbons (Fsp3) is 0.647. The molecule has 0 N–H and O–H groups in total. The monoisotopic (exact) mass is 424 g/mol. The maximum atomic E-state index is 13.5. The molecule has 0 radical (unpaired) electrons. The summed E-state index contributed by atoms with van der Waals surface area (Å²) < 4.78 is 48.9. The normalized spacial score (nSPS) is 12.7. The van der Waals surface area contributed by atoms with Gasteiger partial charge in [-0.15, -0.1) is 11.8 Å². The Bertz CT molecular complexity index is 572. The number of hydrogen-bond acceptors (Lipinski definition) is 7. The molecule has 150 valence electrons. The summed E-state index contributed by atoms with van der Waals surface area (Å²) in [7, 11) is -7.43. The van der Waals surface area contributed by atoms with E-state index in [0.717, 1.165) is 10.5 Å². The molecule has 0 aliphatic heterocycles. The number of benzene rings is 1. The Morgan fingerprint density at radius 1 is 0.808 bits per heavy atom. The van der Waals surface area contributed by atoms with Crippen LogP contribution >= 0.6 is 27.0 Å². The zero-order valence-corrected chi connectivity index (χ0v) is 18.8. The van der Waals surface area contributed by atoms with Gasteiger partial charge >= 0.3 is 15.2 Å². The third kappa shape index (κ3) is 6.49. The molecule has 1 aromatic carbocycles. The molecule has 0 fully saturated rings. The number of hydrogen-bond donors (Lipinski definition) is 0. The van der Waals surface area contributed by atoms with Crippen LogP contribution < -0.4 is 0 Å². The summed E-state index contributed by atoms with van der Waals surface area (Å²) >= 11 is 1.63. The molecule has 0 saturated heterocycles. The van der Waals surface area contributed by atoms with Crippen molar-refractivity contribution in [2.24, 2.45) is 0 Å². The molecule has 0 unspecified atom stereocenters. The van der Waals surface area contributed by atoms with Crippen LogP contribution in [-0.4, -0.2) is 38.1 Å². The molecule has 0 bridgehead atoms. The minimum absolute atomic E-state index is 0.178. The van der Waals surface area contributed by atoms with Crippen LogP contribution in [0.5, 0.6) is 0 Å². The molecule has 0 saturated carbocycles. The van der Waals surface area contributed by atoms with Crippen LogP contribution in [0.3, 0.4) is 0 Å². The maximum Gasteiger partial charge on any atom is 0.346 e. The van der Waals surface area contributed by atoms with Gasteiger partial charge < -0.3 is 18.1 Å². The predicted octanol–water partition coefficient (Wildman–Crippen LogP) is 5.81. The lowest BCUT2D eigenvalue weighted by Crippen LogP contribution is -2.20. The second-order valence-corrected chi connectivity index (χ2v) is 11.0. The molecule has 0 heterocycles. The second-order valence-electron chi connectivity index (χ2n) is 5.28. The van der Waals surface area contributed by atoms with Crippen LogP contribution in [0, 0.1) is 0 Å². The maximum absolute atomic E-state index is 13.5. The first-order valence-electron chi connectivity index (χ1n) is 8.79. The fourth-order valence-electron chi connectivity index (χ4n) is 2.51. The fourth-order valence-corrected chi connectivity index (χ4v) is 8.25. The third-order valence-electron chi connectivity index (χ3n) is 3.54. The highest BCUT2D eigenvalue weighted by atomic mass is 32.2. The molecule has 0 aromatic heterocycles. The van der Waals surface area contributed by atoms with E-state index in [4.69, 9.17) is 18.1 Å². The average Bonchev–Trinajstić information content (AvgIpc) is 2.61. The minimum Gasteiger partial charge on any atom is -0.308 e. The molecule has 9 heteroatoms. The smallest absolute Gasteiger partial charge is 0.308 e. The Labute approximate surface area is 161 Å². The topological polar surface area (TPSA) is 71.1 Å². The molecular weight excluding hydrogens is 394 g/mol. The van der Waals surface area contributed by atoms with E-state index in [1.54, 1.807) is 39.5 Å². The van der Waals surface area contributed by atoms with Crippen molar-refractivity contribution >= 4 is 27.0 Å². The van der Waals surface area contributed by atoms with Gasteiger partial charge in [-0.2, -0.15) is 0 Å². The second kappa shape index (κ2) is 11.7. The lowest BCUT2D eigenvalue weighted by molar-refractivity contribution is 0.195. The summed E-state index contributed by atoms with van der Waals surface area (Å²) in [6.45, 7) is 7.61. The van der Waals surface area contributed by atoms with Crippen molar-refractivity contribution < 1.29 is 27.2 Å². The van der Waals surface area contributed by atoms with Gasteiger partial charge in [-0.25, -0.2) is 0 Å². The standard InChI is InChI=1S/C17H30O6P2S/c1-6-20-24(18,21-7-2)17(25(19,22-8-3)23-9-4)14-15-10-12-16(26-5)13-11-15/h10-13,17H,6-9,14H2,1-5H3. The van der Waals surface area contributed by atoms with Crippen molar-refractivity contribution in [2.75, 3.05) is 32.7 Å². The summed E-state index contributed by atoms with van der Waals surface area (Å²) in [6, 6.07) is 7.78. The largest absolute Gasteiger partial charge is 0.346 e. The van der Waals surface area contributed by atoms with Gasteiger partial charge in [0.05, 0.1) is 26.4 Å². The zero-order chi connectivity index (χ0) is 19.6. The van der Waals surface area contributed by atoms with Crippen LogP contribution in [0.2, 0.25) is 0 Å². The van der Waals surface area contributed by atoms with E-state index in [2.05, 4.69) is 0 Å². The van der Waals surface area contributed by atoms with Gasteiger partial charge in [-0.1, -0.05) is 12.1 Å². The van der Waals surface area contributed by atoms with E-state index in [9.17, 15) is 9.13 Å². The van der Waals surface area contributed by atoms with E-state index in [0.29, 0.717) is 0 Å². The first kappa shape index (κ1) is 23.9. The first-order valence-corrected chi connectivity index (χ1v) is 13.2. The van der Waals surface area contributed by atoms with Crippen LogP contribution in [0.1, 0.15) is 33.3 Å². The van der Waals surface area contributed by atoms with Crippen LogP contribution in [0.15, 0.2) is 29.2 Å². The average molecular weight is 424 g/mol. The molecule has 0 spiro atoms. The van der Waals surface area contributed by atoms with Crippen molar-refractivity contribution in [2.45, 2.75) is 44.4 Å². The van der Waals surface area contributed by atoms with Crippen LogP contribution in [0.4, 0.5) is 0 Å². The molecule has 1 aromatic rings. The van der Waals surface area contributed by atoms with Gasteiger partial charge in [0.25, 0.3) is 0 Å². The SMILES string of the molecule is CCOP(=O)(OCC)C(Cc1ccc(SC)cc1)P(=O)(OCC)OCC. The minimum atomic E-state index is -3.71. The number of thioether (sulfide) groups is 1. The summed E-state index contributed by atoms with van der Waals surface area (Å²) in [5.74, 6) is 0. The van der Waals surface area contributed by atoms with Gasteiger partial charge in [0, 0.05) is 4.90 Å². The molecule has 0 aliphatic rings. The van der Waals surface area contributed by atoms with Crippen molar-refractivity contribution in [1.29, 1.82) is 0 Å².